The molecule has 2 aromatic carbocycles. The van der Waals surface area contributed by atoms with Gasteiger partial charge in [-0.3, -0.25) is 0 Å². The van der Waals surface area contributed by atoms with Gasteiger partial charge in [0.2, 0.25) is 10.0 Å². The maximum absolute atomic E-state index is 13.9. The van der Waals surface area contributed by atoms with E-state index in [0.717, 1.165) is 68.7 Å². The Morgan fingerprint density at radius 3 is 2.70 bits per heavy atom. The van der Waals surface area contributed by atoms with Crippen LogP contribution in [0.25, 0.3) is 10.8 Å². The first-order valence-corrected chi connectivity index (χ1v) is 13.9. The molecule has 4 unspecified atom stereocenters. The van der Waals surface area contributed by atoms with E-state index in [4.69, 9.17) is 4.74 Å². The van der Waals surface area contributed by atoms with Gasteiger partial charge in [-0.25, -0.2) is 8.42 Å². The number of nitrogens with zero attached hydrogens (tertiary/aromatic N) is 1. The Morgan fingerprint density at radius 2 is 1.91 bits per heavy atom. The van der Waals surface area contributed by atoms with Gasteiger partial charge >= 0.3 is 0 Å². The summed E-state index contributed by atoms with van der Waals surface area (Å²) in [6, 6.07) is 12.1. The van der Waals surface area contributed by atoms with E-state index in [1.807, 2.05) is 34.6 Å². The highest BCUT2D eigenvalue weighted by Gasteiger charge is 2.37. The minimum atomic E-state index is -3.57. The average Bonchev–Trinajstić information content (AvgIpc) is 3.30. The third-order valence-electron chi connectivity index (χ3n) is 7.79. The van der Waals surface area contributed by atoms with E-state index in [1.54, 1.807) is 6.07 Å². The van der Waals surface area contributed by atoms with Gasteiger partial charge in [0.15, 0.2) is 0 Å². The second kappa shape index (κ2) is 10.3. The molecular formula is C27H40N2O3S. The summed E-state index contributed by atoms with van der Waals surface area (Å²) < 4.78 is 36.2. The maximum Gasteiger partial charge on any atom is 0.243 e. The van der Waals surface area contributed by atoms with Gasteiger partial charge in [0.05, 0.1) is 4.90 Å². The average molecular weight is 473 g/mol. The van der Waals surface area contributed by atoms with Crippen molar-refractivity contribution in [3.8, 4) is 5.75 Å². The molecule has 0 spiro atoms. The lowest BCUT2D eigenvalue weighted by molar-refractivity contribution is 0.159. The smallest absolute Gasteiger partial charge is 0.243 e. The van der Waals surface area contributed by atoms with Gasteiger partial charge in [-0.2, -0.15) is 4.31 Å². The molecule has 182 valence electrons. The van der Waals surface area contributed by atoms with Crippen LogP contribution in [0.15, 0.2) is 41.3 Å². The summed E-state index contributed by atoms with van der Waals surface area (Å²) in [6.07, 6.45) is 9.70. The van der Waals surface area contributed by atoms with Crippen molar-refractivity contribution in [2.45, 2.75) is 95.2 Å². The molecule has 6 heteroatoms. The normalized spacial score (nSPS) is 27.0. The second-order valence-corrected chi connectivity index (χ2v) is 11.7. The van der Waals surface area contributed by atoms with Crippen LogP contribution in [-0.2, 0) is 10.0 Å². The Labute approximate surface area is 199 Å². The zero-order valence-electron chi connectivity index (χ0n) is 19.1. The van der Waals surface area contributed by atoms with Crippen molar-refractivity contribution >= 4 is 20.8 Å². The fourth-order valence-corrected chi connectivity index (χ4v) is 7.85. The summed E-state index contributed by atoms with van der Waals surface area (Å²) in [7, 11) is -3.57. The molecule has 0 aromatic heterocycles. The first-order valence-electron chi connectivity index (χ1n) is 12.5. The molecule has 4 atom stereocenters. The SMILES string of the molecule is C.CCC(Oc1cc(S(=O)(=O)N2CCCC3CCCC2C3)cc2ccccc12)C1CCCN1. The fraction of sp³-hybridized carbons (Fsp3) is 0.630. The lowest BCUT2D eigenvalue weighted by atomic mass is 9.84. The van der Waals surface area contributed by atoms with Crippen LogP contribution < -0.4 is 10.1 Å². The Kier molecular flexibility index (Phi) is 7.66. The van der Waals surface area contributed by atoms with E-state index in [9.17, 15) is 8.42 Å². The zero-order chi connectivity index (χ0) is 22.1. The van der Waals surface area contributed by atoms with Gasteiger partial charge in [0.25, 0.3) is 0 Å². The predicted molar refractivity (Wildman–Crippen MR) is 135 cm³/mol. The Hall–Kier alpha value is -1.63. The van der Waals surface area contributed by atoms with E-state index in [0.29, 0.717) is 29.1 Å². The third kappa shape index (κ3) is 4.94. The molecule has 5 nitrogen and oxygen atoms in total. The van der Waals surface area contributed by atoms with Crippen molar-refractivity contribution < 1.29 is 13.2 Å². The van der Waals surface area contributed by atoms with E-state index in [-0.39, 0.29) is 19.6 Å². The standard InChI is InChI=1S/C26H36N2O3S.CH4/c1-2-25(24-13-6-14-27-24)31-26-18-22(17-20-10-3-4-12-23(20)26)32(29,30)28-15-7-9-19-8-5-11-21(28)16-19;/h3-4,10,12,17-19,21,24-25,27H,2,5-9,11,13-16H2,1H3;1H4. The van der Waals surface area contributed by atoms with Gasteiger partial charge in [0.1, 0.15) is 11.9 Å². The van der Waals surface area contributed by atoms with Crippen LogP contribution in [0.3, 0.4) is 0 Å². The Balaban J connectivity index is 0.00000259. The molecule has 3 fully saturated rings. The second-order valence-electron chi connectivity index (χ2n) is 9.85. The van der Waals surface area contributed by atoms with E-state index in [1.165, 1.54) is 6.42 Å². The molecule has 2 aromatic rings. The largest absolute Gasteiger partial charge is 0.488 e. The molecule has 5 rings (SSSR count). The number of benzene rings is 2. The molecule has 0 radical (unpaired) electrons. The van der Waals surface area contributed by atoms with Gasteiger partial charge in [-0.05, 0) is 68.9 Å². The lowest BCUT2D eigenvalue weighted by Crippen LogP contribution is -2.41. The number of rotatable bonds is 6. The number of sulfonamides is 1. The molecular weight excluding hydrogens is 432 g/mol. The summed E-state index contributed by atoms with van der Waals surface area (Å²) >= 11 is 0. The summed E-state index contributed by atoms with van der Waals surface area (Å²) in [5, 5.41) is 5.46. The van der Waals surface area contributed by atoms with Crippen molar-refractivity contribution in [1.29, 1.82) is 0 Å². The van der Waals surface area contributed by atoms with Crippen LogP contribution in [0.1, 0.15) is 72.1 Å². The van der Waals surface area contributed by atoms with Gasteiger partial charge < -0.3 is 10.1 Å². The van der Waals surface area contributed by atoms with Crippen molar-refractivity contribution in [1.82, 2.24) is 9.62 Å². The molecule has 1 aliphatic carbocycles. The molecule has 33 heavy (non-hydrogen) atoms. The Bertz CT molecular complexity index is 1050. The maximum atomic E-state index is 13.9. The molecule has 3 aliphatic rings. The minimum absolute atomic E-state index is 0. The summed E-state index contributed by atoms with van der Waals surface area (Å²) in [4.78, 5) is 0.379. The highest BCUT2D eigenvalue weighted by atomic mass is 32.2. The van der Waals surface area contributed by atoms with Gasteiger partial charge in [0, 0.05) is 30.1 Å². The van der Waals surface area contributed by atoms with Gasteiger partial charge in [-0.1, -0.05) is 51.5 Å². The quantitative estimate of drug-likeness (QED) is 0.583. The number of ether oxygens (including phenoxy) is 1. The van der Waals surface area contributed by atoms with E-state index in [2.05, 4.69) is 12.2 Å². The predicted octanol–water partition coefficient (Wildman–Crippen LogP) is 5.73. The first-order chi connectivity index (χ1) is 15.6. The molecule has 1 N–H and O–H groups in total. The number of hydrogen-bond donors (Lipinski definition) is 1. The summed E-state index contributed by atoms with van der Waals surface area (Å²) in [5.41, 5.74) is 0. The lowest BCUT2D eigenvalue weighted by Gasteiger charge is -2.33. The zero-order valence-corrected chi connectivity index (χ0v) is 19.9. The molecule has 1 saturated carbocycles. The van der Waals surface area contributed by atoms with Crippen molar-refractivity contribution in [2.75, 3.05) is 13.1 Å². The van der Waals surface area contributed by atoms with Crippen LogP contribution in [0.4, 0.5) is 0 Å². The van der Waals surface area contributed by atoms with Crippen LogP contribution in [-0.4, -0.2) is 44.0 Å². The number of nitrogens with one attached hydrogen (secondary N) is 1. The Morgan fingerprint density at radius 1 is 1.09 bits per heavy atom. The highest BCUT2D eigenvalue weighted by molar-refractivity contribution is 7.89. The van der Waals surface area contributed by atoms with Crippen LogP contribution in [0.5, 0.6) is 5.75 Å². The highest BCUT2D eigenvalue weighted by Crippen LogP contribution is 2.38. The van der Waals surface area contributed by atoms with E-state index >= 15 is 0 Å². The van der Waals surface area contributed by atoms with Crippen molar-refractivity contribution in [3.63, 3.8) is 0 Å². The van der Waals surface area contributed by atoms with Crippen LogP contribution >= 0.6 is 0 Å². The third-order valence-corrected chi connectivity index (χ3v) is 9.71. The fourth-order valence-electron chi connectivity index (χ4n) is 6.09. The number of hydrogen-bond acceptors (Lipinski definition) is 4. The van der Waals surface area contributed by atoms with Crippen molar-refractivity contribution in [2.24, 2.45) is 5.92 Å². The van der Waals surface area contributed by atoms with Gasteiger partial charge in [-0.15, -0.1) is 0 Å². The molecule has 2 bridgehead atoms. The minimum Gasteiger partial charge on any atom is -0.488 e. The molecule has 2 heterocycles. The number of fused-ring (bicyclic) bond motifs is 3. The first kappa shape index (κ1) is 24.5. The van der Waals surface area contributed by atoms with Crippen molar-refractivity contribution in [3.05, 3.63) is 36.4 Å². The molecule has 2 aliphatic heterocycles. The van der Waals surface area contributed by atoms with Crippen LogP contribution in [0.2, 0.25) is 0 Å². The van der Waals surface area contributed by atoms with E-state index < -0.39 is 10.0 Å². The molecule has 0 amide bonds. The monoisotopic (exact) mass is 472 g/mol. The summed E-state index contributed by atoms with van der Waals surface area (Å²) in [5.74, 6) is 1.38. The topological polar surface area (TPSA) is 58.6 Å². The summed E-state index contributed by atoms with van der Waals surface area (Å²) in [6.45, 7) is 3.80. The molecule has 2 saturated heterocycles. The van der Waals surface area contributed by atoms with Crippen LogP contribution in [0, 0.1) is 5.92 Å².